The number of nitrogens with zero attached hydrogens (tertiary/aromatic N) is 1. The molecule has 0 aliphatic carbocycles. The van der Waals surface area contributed by atoms with Crippen molar-refractivity contribution in [2.45, 2.75) is 0 Å². The van der Waals surface area contributed by atoms with Crippen molar-refractivity contribution in [1.29, 1.82) is 0 Å². The lowest BCUT2D eigenvalue weighted by Crippen LogP contribution is -2.17. The van der Waals surface area contributed by atoms with Gasteiger partial charge in [-0.05, 0) is 36.4 Å². The van der Waals surface area contributed by atoms with Crippen molar-refractivity contribution in [3.63, 3.8) is 0 Å². The van der Waals surface area contributed by atoms with E-state index in [0.717, 1.165) is 5.56 Å². The summed E-state index contributed by atoms with van der Waals surface area (Å²) in [5.41, 5.74) is 1.46. The second-order valence-electron chi connectivity index (χ2n) is 5.73. The van der Waals surface area contributed by atoms with Crippen LogP contribution in [0, 0.1) is 0 Å². The molecule has 8 heteroatoms. The highest BCUT2D eigenvalue weighted by Crippen LogP contribution is 2.24. The molecule has 2 aromatic carbocycles. The molecule has 0 fully saturated rings. The number of esters is 1. The predicted octanol–water partition coefficient (Wildman–Crippen LogP) is 4.44. The molecular weight excluding hydrogens is 389 g/mol. The Labute approximate surface area is 162 Å². The van der Waals surface area contributed by atoms with E-state index in [1.54, 1.807) is 42.5 Å². The first kappa shape index (κ1) is 17.3. The summed E-state index contributed by atoms with van der Waals surface area (Å²) < 4.78 is 5.23. The van der Waals surface area contributed by atoms with Crippen LogP contribution in [0.1, 0.15) is 10.5 Å². The third-order valence-electron chi connectivity index (χ3n) is 3.94. The molecule has 0 aliphatic rings. The van der Waals surface area contributed by atoms with Gasteiger partial charge in [0, 0.05) is 16.0 Å². The molecule has 134 valence electrons. The van der Waals surface area contributed by atoms with E-state index in [-0.39, 0.29) is 11.4 Å². The maximum atomic E-state index is 12.4. The Morgan fingerprint density at radius 2 is 1.81 bits per heavy atom. The monoisotopic (exact) mass is 399 g/mol. The maximum absolute atomic E-state index is 12.4. The van der Waals surface area contributed by atoms with Gasteiger partial charge in [-0.1, -0.05) is 41.4 Å². The molecule has 2 aromatic heterocycles. The number of aromatic nitrogens is 3. The van der Waals surface area contributed by atoms with Gasteiger partial charge in [0.1, 0.15) is 5.69 Å². The van der Waals surface area contributed by atoms with Crippen LogP contribution in [0.2, 0.25) is 10.0 Å². The largest absolute Gasteiger partial charge is 0.416 e. The molecule has 0 amide bonds. The summed E-state index contributed by atoms with van der Waals surface area (Å²) in [6.45, 7) is 0. The Balaban J connectivity index is 1.62. The number of halogens is 2. The molecule has 0 saturated carbocycles. The van der Waals surface area contributed by atoms with Crippen LogP contribution in [-0.2, 0) is 0 Å². The van der Waals surface area contributed by atoms with E-state index in [9.17, 15) is 9.59 Å². The van der Waals surface area contributed by atoms with Crippen LogP contribution in [0.25, 0.3) is 22.2 Å². The summed E-state index contributed by atoms with van der Waals surface area (Å²) in [5.74, 6) is -0.886. The van der Waals surface area contributed by atoms with E-state index in [4.69, 9.17) is 27.9 Å². The minimum atomic E-state index is -0.736. The van der Waals surface area contributed by atoms with Gasteiger partial charge in [-0.25, -0.2) is 4.79 Å². The summed E-state index contributed by atoms with van der Waals surface area (Å²) in [4.78, 5) is 27.2. The molecule has 0 saturated heterocycles. The number of pyridine rings is 1. The number of rotatable bonds is 3. The smallest absolute Gasteiger partial charge is 0.361 e. The molecule has 0 bridgehead atoms. The van der Waals surface area contributed by atoms with E-state index in [0.29, 0.717) is 26.6 Å². The number of H-pyrrole nitrogens is 2. The second kappa shape index (κ2) is 6.90. The lowest BCUT2D eigenvalue weighted by atomic mass is 10.1. The second-order valence-corrected chi connectivity index (χ2v) is 6.57. The van der Waals surface area contributed by atoms with Crippen molar-refractivity contribution in [1.82, 2.24) is 15.2 Å². The summed E-state index contributed by atoms with van der Waals surface area (Å²) in [7, 11) is 0. The van der Waals surface area contributed by atoms with Gasteiger partial charge in [0.25, 0.3) is 5.56 Å². The van der Waals surface area contributed by atoms with Crippen molar-refractivity contribution in [2.24, 2.45) is 0 Å². The number of benzene rings is 2. The van der Waals surface area contributed by atoms with Gasteiger partial charge >= 0.3 is 5.97 Å². The summed E-state index contributed by atoms with van der Waals surface area (Å²) >= 11 is 12.0. The number of nitrogens with one attached hydrogen (secondary N) is 2. The van der Waals surface area contributed by atoms with Crippen LogP contribution >= 0.6 is 23.2 Å². The third-order valence-corrected chi connectivity index (χ3v) is 4.52. The van der Waals surface area contributed by atoms with Gasteiger partial charge in [-0.3, -0.25) is 9.89 Å². The number of hydrogen-bond acceptors (Lipinski definition) is 4. The highest BCUT2D eigenvalue weighted by molar-refractivity contribution is 6.35. The molecule has 2 heterocycles. The van der Waals surface area contributed by atoms with Gasteiger partial charge in [0.05, 0.1) is 16.2 Å². The molecule has 4 aromatic rings. The molecule has 0 spiro atoms. The van der Waals surface area contributed by atoms with Gasteiger partial charge in [0.2, 0.25) is 0 Å². The average Bonchev–Trinajstić information content (AvgIpc) is 3.14. The van der Waals surface area contributed by atoms with Crippen molar-refractivity contribution < 1.29 is 9.53 Å². The summed E-state index contributed by atoms with van der Waals surface area (Å²) in [6.07, 6.45) is 0. The fourth-order valence-corrected chi connectivity index (χ4v) is 2.95. The van der Waals surface area contributed by atoms with E-state index in [2.05, 4.69) is 15.2 Å². The van der Waals surface area contributed by atoms with Crippen LogP contribution in [0.4, 0.5) is 0 Å². The lowest BCUT2D eigenvalue weighted by molar-refractivity contribution is 0.0726. The molecular formula is C19H11Cl2N3O3. The number of fused-ring (bicyclic) bond motifs is 1. The quantitative estimate of drug-likeness (QED) is 0.498. The van der Waals surface area contributed by atoms with Gasteiger partial charge in [0.15, 0.2) is 5.75 Å². The number of aromatic amines is 2. The van der Waals surface area contributed by atoms with Crippen molar-refractivity contribution in [3.05, 3.63) is 80.7 Å². The average molecular weight is 400 g/mol. The zero-order valence-corrected chi connectivity index (χ0v) is 15.1. The highest BCUT2D eigenvalue weighted by Gasteiger charge is 2.16. The van der Waals surface area contributed by atoms with Gasteiger partial charge in [-0.2, -0.15) is 5.10 Å². The lowest BCUT2D eigenvalue weighted by Gasteiger charge is -2.05. The zero-order chi connectivity index (χ0) is 19.0. The Morgan fingerprint density at radius 1 is 1.04 bits per heavy atom. The maximum Gasteiger partial charge on any atom is 0.361 e. The Bertz CT molecular complexity index is 1210. The van der Waals surface area contributed by atoms with Crippen LogP contribution in [0.15, 0.2) is 59.4 Å². The standard InChI is InChI=1S/C19H11Cl2N3O3/c20-11-6-4-10(5-7-11)15-9-16(24-23-15)19(26)27-17-8-12-13(21)2-1-3-14(12)22-18(17)25/h1-9H,(H,22,25)(H,23,24). The molecule has 27 heavy (non-hydrogen) atoms. The molecule has 4 rings (SSSR count). The third kappa shape index (κ3) is 3.45. The molecule has 0 radical (unpaired) electrons. The van der Waals surface area contributed by atoms with E-state index in [1.165, 1.54) is 12.1 Å². The topological polar surface area (TPSA) is 87.8 Å². The van der Waals surface area contributed by atoms with E-state index >= 15 is 0 Å². The van der Waals surface area contributed by atoms with Crippen molar-refractivity contribution in [3.8, 4) is 17.0 Å². The summed E-state index contributed by atoms with van der Waals surface area (Å²) in [6, 6.07) is 15.1. The van der Waals surface area contributed by atoms with Crippen LogP contribution < -0.4 is 10.3 Å². The van der Waals surface area contributed by atoms with Crippen molar-refractivity contribution >= 4 is 40.1 Å². The Kier molecular flexibility index (Phi) is 4.43. The highest BCUT2D eigenvalue weighted by atomic mass is 35.5. The van der Waals surface area contributed by atoms with Gasteiger partial charge in [-0.15, -0.1) is 0 Å². The SMILES string of the molecule is O=C(Oc1cc2c(Cl)cccc2[nH]c1=O)c1cc(-c2ccc(Cl)cc2)n[nH]1. The minimum absolute atomic E-state index is 0.110. The Morgan fingerprint density at radius 3 is 2.59 bits per heavy atom. The molecule has 6 nitrogen and oxygen atoms in total. The number of carbonyl (C=O) groups excluding carboxylic acids is 1. The van der Waals surface area contributed by atoms with E-state index in [1.807, 2.05) is 0 Å². The number of hydrogen-bond donors (Lipinski definition) is 2. The van der Waals surface area contributed by atoms with Crippen LogP contribution in [0.3, 0.4) is 0 Å². The normalized spacial score (nSPS) is 10.9. The summed E-state index contributed by atoms with van der Waals surface area (Å²) in [5, 5.41) is 8.31. The fraction of sp³-hybridized carbons (Fsp3) is 0. The van der Waals surface area contributed by atoms with Crippen LogP contribution in [-0.4, -0.2) is 21.2 Å². The number of carbonyl (C=O) groups is 1. The molecule has 0 atom stereocenters. The Hall–Kier alpha value is -3.09. The predicted molar refractivity (Wildman–Crippen MR) is 104 cm³/mol. The van der Waals surface area contributed by atoms with E-state index < -0.39 is 11.5 Å². The number of ether oxygens (including phenoxy) is 1. The molecule has 0 unspecified atom stereocenters. The minimum Gasteiger partial charge on any atom is -0.416 e. The first-order valence-electron chi connectivity index (χ1n) is 7.86. The molecule has 2 N–H and O–H groups in total. The molecule has 0 aliphatic heterocycles. The fourth-order valence-electron chi connectivity index (χ4n) is 2.60. The first-order chi connectivity index (χ1) is 13.0. The first-order valence-corrected chi connectivity index (χ1v) is 8.62. The zero-order valence-electron chi connectivity index (χ0n) is 13.6. The van der Waals surface area contributed by atoms with Crippen molar-refractivity contribution in [2.75, 3.05) is 0 Å². The van der Waals surface area contributed by atoms with Crippen LogP contribution in [0.5, 0.6) is 5.75 Å². The van der Waals surface area contributed by atoms with Gasteiger partial charge < -0.3 is 9.72 Å².